The van der Waals surface area contributed by atoms with Crippen LogP contribution < -0.4 is 5.32 Å². The van der Waals surface area contributed by atoms with Gasteiger partial charge in [0.2, 0.25) is 0 Å². The maximum Gasteiger partial charge on any atom is 0.287 e. The fourth-order valence-electron chi connectivity index (χ4n) is 3.07. The summed E-state index contributed by atoms with van der Waals surface area (Å²) in [6.45, 7) is 14.9. The maximum absolute atomic E-state index is 12.5. The van der Waals surface area contributed by atoms with Crippen LogP contribution >= 0.6 is 0 Å². The normalized spacial score (nSPS) is 11.7. The number of nitrogens with zero attached hydrogens (tertiary/aromatic N) is 1. The fourth-order valence-corrected chi connectivity index (χ4v) is 3.07. The third kappa shape index (κ3) is 3.58. The number of rotatable bonds is 6. The molecule has 0 atom stereocenters. The fraction of sp³-hybridized carbons (Fsp3) is 0.526. The summed E-state index contributed by atoms with van der Waals surface area (Å²) < 4.78 is 5.88. The van der Waals surface area contributed by atoms with Gasteiger partial charge in [-0.15, -0.1) is 0 Å². The van der Waals surface area contributed by atoms with Crippen molar-refractivity contribution in [3.8, 4) is 0 Å². The Balaban J connectivity index is 2.14. The Labute approximate surface area is 138 Å². The topological polar surface area (TPSA) is 45.5 Å². The summed E-state index contributed by atoms with van der Waals surface area (Å²) in [6, 6.07) is 4.59. The molecule has 126 valence electrons. The molecule has 1 aromatic carbocycles. The number of carbonyl (C=O) groups excluding carboxylic acids is 1. The number of benzene rings is 1. The van der Waals surface area contributed by atoms with Crippen molar-refractivity contribution in [2.75, 3.05) is 19.6 Å². The van der Waals surface area contributed by atoms with E-state index in [1.54, 1.807) is 0 Å². The molecule has 2 aromatic rings. The molecule has 0 saturated carbocycles. The molecule has 0 aliphatic heterocycles. The number of nitrogens with one attached hydrogen (secondary N) is 1. The van der Waals surface area contributed by atoms with Gasteiger partial charge in [0.05, 0.1) is 0 Å². The number of furan rings is 1. The van der Waals surface area contributed by atoms with Gasteiger partial charge >= 0.3 is 0 Å². The van der Waals surface area contributed by atoms with E-state index < -0.39 is 0 Å². The van der Waals surface area contributed by atoms with Crippen LogP contribution in [0.25, 0.3) is 11.0 Å². The van der Waals surface area contributed by atoms with Gasteiger partial charge in [0.15, 0.2) is 5.76 Å². The van der Waals surface area contributed by atoms with E-state index in [1.165, 1.54) is 0 Å². The van der Waals surface area contributed by atoms with Crippen LogP contribution in [-0.2, 0) is 0 Å². The number of fused-ring (bicyclic) bond motifs is 1. The van der Waals surface area contributed by atoms with Crippen LogP contribution in [0, 0.1) is 20.8 Å². The van der Waals surface area contributed by atoms with Crippen LogP contribution in [0.5, 0.6) is 0 Å². The lowest BCUT2D eigenvalue weighted by Crippen LogP contribution is -2.38. The number of likely N-dealkylation sites (N-methyl/N-ethyl adjacent to an activating group) is 1. The summed E-state index contributed by atoms with van der Waals surface area (Å²) in [5.74, 6) is 0.308. The van der Waals surface area contributed by atoms with Crippen molar-refractivity contribution in [3.63, 3.8) is 0 Å². The highest BCUT2D eigenvalue weighted by atomic mass is 16.3. The minimum atomic E-state index is -0.127. The molecule has 4 nitrogen and oxygen atoms in total. The standard InChI is InChI=1S/C19H28N2O2/c1-7-21(12(2)3)11-10-20-19(22)18-15(6)16-13(4)8-9-14(5)17(16)23-18/h8-9,12H,7,10-11H2,1-6H3,(H,20,22). The number of amides is 1. The summed E-state index contributed by atoms with van der Waals surface area (Å²) in [6.07, 6.45) is 0. The Morgan fingerprint density at radius 2 is 1.87 bits per heavy atom. The zero-order valence-corrected chi connectivity index (χ0v) is 15.1. The Bertz CT molecular complexity index is 701. The molecule has 23 heavy (non-hydrogen) atoms. The Morgan fingerprint density at radius 3 is 2.43 bits per heavy atom. The highest BCUT2D eigenvalue weighted by Gasteiger charge is 2.19. The lowest BCUT2D eigenvalue weighted by atomic mass is 10.0. The highest BCUT2D eigenvalue weighted by Crippen LogP contribution is 2.30. The third-order valence-corrected chi connectivity index (χ3v) is 4.51. The molecule has 0 unspecified atom stereocenters. The smallest absolute Gasteiger partial charge is 0.287 e. The van der Waals surface area contributed by atoms with Crippen LogP contribution in [0.15, 0.2) is 16.5 Å². The average Bonchev–Trinajstić information content (AvgIpc) is 2.86. The van der Waals surface area contributed by atoms with Gasteiger partial charge in [-0.25, -0.2) is 0 Å². The Hall–Kier alpha value is -1.81. The van der Waals surface area contributed by atoms with Crippen LogP contribution in [0.3, 0.4) is 0 Å². The van der Waals surface area contributed by atoms with E-state index in [2.05, 4.69) is 37.1 Å². The molecule has 1 heterocycles. The summed E-state index contributed by atoms with van der Waals surface area (Å²) in [5.41, 5.74) is 3.95. The van der Waals surface area contributed by atoms with E-state index in [1.807, 2.05) is 26.8 Å². The second kappa shape index (κ2) is 7.18. The highest BCUT2D eigenvalue weighted by molar-refractivity contribution is 6.00. The molecule has 4 heteroatoms. The quantitative estimate of drug-likeness (QED) is 0.881. The van der Waals surface area contributed by atoms with Crippen LogP contribution in [0.2, 0.25) is 0 Å². The second-order valence-corrected chi connectivity index (χ2v) is 6.44. The number of carbonyl (C=O) groups is 1. The first-order valence-corrected chi connectivity index (χ1v) is 8.38. The molecule has 0 spiro atoms. The van der Waals surface area contributed by atoms with Crippen LogP contribution in [0.1, 0.15) is 48.0 Å². The summed E-state index contributed by atoms with van der Waals surface area (Å²) in [5, 5.41) is 4.05. The molecular weight excluding hydrogens is 288 g/mol. The first-order valence-electron chi connectivity index (χ1n) is 8.38. The summed E-state index contributed by atoms with van der Waals surface area (Å²) in [4.78, 5) is 14.8. The van der Waals surface area contributed by atoms with Gasteiger partial charge in [-0.1, -0.05) is 19.1 Å². The Kier molecular flexibility index (Phi) is 5.47. The van der Waals surface area contributed by atoms with Gasteiger partial charge in [0.1, 0.15) is 5.58 Å². The van der Waals surface area contributed by atoms with E-state index in [0.717, 1.165) is 40.7 Å². The molecule has 0 aliphatic rings. The van der Waals surface area contributed by atoms with Crippen LogP contribution in [-0.4, -0.2) is 36.5 Å². The lowest BCUT2D eigenvalue weighted by molar-refractivity contribution is 0.0919. The number of hydrogen-bond donors (Lipinski definition) is 1. The van der Waals surface area contributed by atoms with Gasteiger partial charge in [-0.3, -0.25) is 9.69 Å². The largest absolute Gasteiger partial charge is 0.450 e. The van der Waals surface area contributed by atoms with Crippen molar-refractivity contribution >= 4 is 16.9 Å². The van der Waals surface area contributed by atoms with Gasteiger partial charge in [-0.05, 0) is 52.3 Å². The maximum atomic E-state index is 12.5. The van der Waals surface area contributed by atoms with Crippen molar-refractivity contribution in [1.29, 1.82) is 0 Å². The minimum absolute atomic E-state index is 0.127. The molecule has 1 amide bonds. The first-order chi connectivity index (χ1) is 10.9. The average molecular weight is 316 g/mol. The zero-order valence-electron chi connectivity index (χ0n) is 15.1. The van der Waals surface area contributed by atoms with Crippen molar-refractivity contribution in [1.82, 2.24) is 10.2 Å². The van der Waals surface area contributed by atoms with Crippen molar-refractivity contribution in [2.45, 2.75) is 47.6 Å². The van der Waals surface area contributed by atoms with Gasteiger partial charge in [-0.2, -0.15) is 0 Å². The van der Waals surface area contributed by atoms with Gasteiger partial charge in [0.25, 0.3) is 5.91 Å². The number of hydrogen-bond acceptors (Lipinski definition) is 3. The molecule has 0 fully saturated rings. The first kappa shape index (κ1) is 17.5. The Morgan fingerprint density at radius 1 is 1.22 bits per heavy atom. The summed E-state index contributed by atoms with van der Waals surface area (Å²) >= 11 is 0. The zero-order chi connectivity index (χ0) is 17.1. The molecule has 0 radical (unpaired) electrons. The molecular formula is C19H28N2O2. The second-order valence-electron chi connectivity index (χ2n) is 6.44. The van der Waals surface area contributed by atoms with E-state index in [9.17, 15) is 4.79 Å². The number of aryl methyl sites for hydroxylation is 3. The van der Waals surface area contributed by atoms with Crippen molar-refractivity contribution in [3.05, 3.63) is 34.6 Å². The minimum Gasteiger partial charge on any atom is -0.450 e. The monoisotopic (exact) mass is 316 g/mol. The van der Waals surface area contributed by atoms with Crippen molar-refractivity contribution in [2.24, 2.45) is 0 Å². The van der Waals surface area contributed by atoms with E-state index in [-0.39, 0.29) is 5.91 Å². The van der Waals surface area contributed by atoms with Crippen molar-refractivity contribution < 1.29 is 9.21 Å². The third-order valence-electron chi connectivity index (χ3n) is 4.51. The predicted molar refractivity (Wildman–Crippen MR) is 95.1 cm³/mol. The molecule has 1 N–H and O–H groups in total. The predicted octanol–water partition coefficient (Wildman–Crippen LogP) is 3.82. The molecule has 0 aliphatic carbocycles. The van der Waals surface area contributed by atoms with E-state index >= 15 is 0 Å². The lowest BCUT2D eigenvalue weighted by Gasteiger charge is -2.24. The van der Waals surface area contributed by atoms with E-state index in [4.69, 9.17) is 4.42 Å². The SMILES string of the molecule is CCN(CCNC(=O)c1oc2c(C)ccc(C)c2c1C)C(C)C. The molecule has 0 saturated heterocycles. The molecule has 0 bridgehead atoms. The van der Waals surface area contributed by atoms with E-state index in [0.29, 0.717) is 18.3 Å². The molecule has 1 aromatic heterocycles. The summed E-state index contributed by atoms with van der Waals surface area (Å²) in [7, 11) is 0. The molecule has 2 rings (SSSR count). The van der Waals surface area contributed by atoms with Gasteiger partial charge < -0.3 is 9.73 Å². The van der Waals surface area contributed by atoms with Crippen LogP contribution in [0.4, 0.5) is 0 Å². The van der Waals surface area contributed by atoms with Gasteiger partial charge in [0, 0.05) is 30.1 Å².